The summed E-state index contributed by atoms with van der Waals surface area (Å²) in [5.41, 5.74) is 1.62. The van der Waals surface area contributed by atoms with Crippen LogP contribution in [0.1, 0.15) is 15.9 Å². The average molecular weight is 410 g/mol. The van der Waals surface area contributed by atoms with Crippen molar-refractivity contribution in [3.8, 4) is 12.0 Å². The van der Waals surface area contributed by atoms with Gasteiger partial charge in [0.1, 0.15) is 0 Å². The highest BCUT2D eigenvalue weighted by Crippen LogP contribution is 2.23. The van der Waals surface area contributed by atoms with Crippen molar-refractivity contribution in [3.05, 3.63) is 95.0 Å². The Hall–Kier alpha value is -3.07. The molecule has 0 atom stereocenters. The molecule has 0 amide bonds. The molecule has 0 aliphatic carbocycles. The molecule has 0 heterocycles. The van der Waals surface area contributed by atoms with Crippen molar-refractivity contribution in [1.82, 2.24) is 0 Å². The first-order chi connectivity index (χ1) is 13.4. The first kappa shape index (κ1) is 19.7. The minimum Gasteiger partial charge on any atom is -0.279 e. The molecule has 3 rings (SSSR count). The van der Waals surface area contributed by atoms with E-state index >= 15 is 0 Å². The summed E-state index contributed by atoms with van der Waals surface area (Å²) in [7, 11) is -3.97. The number of para-hydroxylation sites is 1. The molecule has 140 valence electrons. The quantitative estimate of drug-likeness (QED) is 0.357. The number of Topliss-reactive ketones (excluding diaryl/α,β-unsaturated/α-hetero) is 1. The number of aryl methyl sites for hydroxylation is 1. The molecule has 0 spiro atoms. The minimum atomic E-state index is -3.97. The molecule has 0 aromatic heterocycles. The van der Waals surface area contributed by atoms with Gasteiger partial charge < -0.3 is 0 Å². The zero-order valence-electron chi connectivity index (χ0n) is 15.0. The van der Waals surface area contributed by atoms with E-state index in [0.717, 1.165) is 9.87 Å². The number of rotatable bonds is 4. The molecular weight excluding hydrogens is 394 g/mol. The molecule has 4 nitrogen and oxygen atoms in total. The van der Waals surface area contributed by atoms with Gasteiger partial charge in [-0.25, -0.2) is 8.42 Å². The third kappa shape index (κ3) is 4.42. The lowest BCUT2D eigenvalue weighted by Gasteiger charge is -2.18. The van der Waals surface area contributed by atoms with Gasteiger partial charge in [0.25, 0.3) is 10.0 Å². The first-order valence-corrected chi connectivity index (χ1v) is 10.2. The molecule has 6 heteroatoms. The number of anilines is 1. The maximum atomic E-state index is 13.1. The molecule has 0 saturated heterocycles. The van der Waals surface area contributed by atoms with Crippen LogP contribution in [0.25, 0.3) is 0 Å². The van der Waals surface area contributed by atoms with Gasteiger partial charge in [0.05, 0.1) is 10.6 Å². The molecule has 0 fully saturated rings. The van der Waals surface area contributed by atoms with Crippen LogP contribution >= 0.6 is 11.6 Å². The fraction of sp³-hybridized carbons (Fsp3) is 0.0455. The lowest BCUT2D eigenvalue weighted by molar-refractivity contribution is 0.105. The predicted octanol–water partition coefficient (Wildman–Crippen LogP) is 4.69. The van der Waals surface area contributed by atoms with E-state index in [1.54, 1.807) is 66.7 Å². The van der Waals surface area contributed by atoms with Gasteiger partial charge in [-0.05, 0) is 55.5 Å². The van der Waals surface area contributed by atoms with Crippen LogP contribution in [0, 0.1) is 18.9 Å². The van der Waals surface area contributed by atoms with Crippen molar-refractivity contribution >= 4 is 33.1 Å². The highest BCUT2D eigenvalue weighted by atomic mass is 35.5. The number of benzene rings is 3. The van der Waals surface area contributed by atoms with Crippen LogP contribution in [0.5, 0.6) is 0 Å². The summed E-state index contributed by atoms with van der Waals surface area (Å²) in [5, 5.41) is 0.498. The second-order valence-electron chi connectivity index (χ2n) is 5.99. The molecule has 0 radical (unpaired) electrons. The summed E-state index contributed by atoms with van der Waals surface area (Å²) >= 11 is 5.83. The van der Waals surface area contributed by atoms with Crippen LogP contribution in [0.2, 0.25) is 5.02 Å². The Kier molecular flexibility index (Phi) is 5.84. The summed E-state index contributed by atoms with van der Waals surface area (Å²) in [6, 6.07) is 23.6. The number of hydrogen-bond donors (Lipinski definition) is 0. The van der Waals surface area contributed by atoms with Crippen molar-refractivity contribution in [2.75, 3.05) is 4.31 Å². The maximum absolute atomic E-state index is 13.1. The zero-order chi connectivity index (χ0) is 20.1. The summed E-state index contributed by atoms with van der Waals surface area (Å²) in [5.74, 6) is 1.92. The van der Waals surface area contributed by atoms with Crippen LogP contribution in [0.3, 0.4) is 0 Å². The SMILES string of the molecule is Cc1ccc(S(=O)(=O)N(C#CC(=O)c2ccc(Cl)cc2)c2ccccc2)cc1. The Morgan fingerprint density at radius 3 is 2.11 bits per heavy atom. The van der Waals surface area contributed by atoms with Crippen LogP contribution < -0.4 is 4.31 Å². The Balaban J connectivity index is 2.03. The zero-order valence-corrected chi connectivity index (χ0v) is 16.5. The normalized spacial score (nSPS) is 10.6. The topological polar surface area (TPSA) is 54.5 Å². The fourth-order valence-electron chi connectivity index (χ4n) is 2.42. The molecule has 28 heavy (non-hydrogen) atoms. The van der Waals surface area contributed by atoms with E-state index < -0.39 is 15.8 Å². The maximum Gasteiger partial charge on any atom is 0.275 e. The third-order valence-electron chi connectivity index (χ3n) is 3.93. The van der Waals surface area contributed by atoms with E-state index in [2.05, 4.69) is 12.0 Å². The minimum absolute atomic E-state index is 0.0928. The molecule has 0 aliphatic heterocycles. The number of carbonyl (C=O) groups is 1. The molecule has 0 unspecified atom stereocenters. The number of hydrogen-bond acceptors (Lipinski definition) is 3. The number of halogens is 1. The Bertz CT molecular complexity index is 1140. The summed E-state index contributed by atoms with van der Waals surface area (Å²) < 4.78 is 27.2. The predicted molar refractivity (Wildman–Crippen MR) is 111 cm³/mol. The molecule has 0 bridgehead atoms. The van der Waals surface area contributed by atoms with Crippen LogP contribution in [0.4, 0.5) is 5.69 Å². The van der Waals surface area contributed by atoms with Gasteiger partial charge in [-0.1, -0.05) is 47.5 Å². The summed E-state index contributed by atoms with van der Waals surface area (Å²) in [4.78, 5) is 12.5. The van der Waals surface area contributed by atoms with Crippen molar-refractivity contribution < 1.29 is 13.2 Å². The highest BCUT2D eigenvalue weighted by molar-refractivity contribution is 7.93. The third-order valence-corrected chi connectivity index (χ3v) is 5.83. The van der Waals surface area contributed by atoms with Crippen molar-refractivity contribution in [3.63, 3.8) is 0 Å². The van der Waals surface area contributed by atoms with E-state index in [-0.39, 0.29) is 4.90 Å². The second-order valence-corrected chi connectivity index (χ2v) is 8.21. The molecule has 0 N–H and O–H groups in total. The molecule has 3 aromatic rings. The van der Waals surface area contributed by atoms with E-state index in [1.807, 2.05) is 6.92 Å². The Labute approximate surface area is 169 Å². The largest absolute Gasteiger partial charge is 0.279 e. The van der Waals surface area contributed by atoms with E-state index in [9.17, 15) is 13.2 Å². The van der Waals surface area contributed by atoms with Gasteiger partial charge >= 0.3 is 0 Å². The van der Waals surface area contributed by atoms with Gasteiger partial charge in [-0.15, -0.1) is 0 Å². The Morgan fingerprint density at radius 2 is 1.50 bits per heavy atom. The van der Waals surface area contributed by atoms with Gasteiger partial charge in [0.15, 0.2) is 0 Å². The van der Waals surface area contributed by atoms with E-state index in [0.29, 0.717) is 16.3 Å². The highest BCUT2D eigenvalue weighted by Gasteiger charge is 2.24. The second kappa shape index (κ2) is 8.30. The number of carbonyl (C=O) groups excluding carboxylic acids is 1. The smallest absolute Gasteiger partial charge is 0.275 e. The summed E-state index contributed by atoms with van der Waals surface area (Å²) in [6.07, 6.45) is 0. The van der Waals surface area contributed by atoms with Gasteiger partial charge in [0.2, 0.25) is 5.78 Å². The van der Waals surface area contributed by atoms with Crippen molar-refractivity contribution in [1.29, 1.82) is 0 Å². The van der Waals surface area contributed by atoms with Gasteiger partial charge in [0, 0.05) is 22.6 Å². The van der Waals surface area contributed by atoms with E-state index in [1.165, 1.54) is 12.1 Å². The number of sulfonamides is 1. The van der Waals surface area contributed by atoms with E-state index in [4.69, 9.17) is 11.6 Å². The molecular formula is C22H16ClNO3S. The number of nitrogens with zero attached hydrogens (tertiary/aromatic N) is 1. The standard InChI is InChI=1S/C22H16ClNO3S/c1-17-7-13-21(14-8-17)28(26,27)24(20-5-3-2-4-6-20)16-15-22(25)18-9-11-19(23)12-10-18/h2-14H,1H3. The van der Waals surface area contributed by atoms with Gasteiger partial charge in [-0.2, -0.15) is 4.31 Å². The molecule has 0 saturated carbocycles. The van der Waals surface area contributed by atoms with Crippen molar-refractivity contribution in [2.45, 2.75) is 11.8 Å². The monoisotopic (exact) mass is 409 g/mol. The van der Waals surface area contributed by atoms with Crippen LogP contribution in [-0.4, -0.2) is 14.2 Å². The van der Waals surface area contributed by atoms with Gasteiger partial charge in [-0.3, -0.25) is 4.79 Å². The molecule has 3 aromatic carbocycles. The van der Waals surface area contributed by atoms with Crippen LogP contribution in [0.15, 0.2) is 83.8 Å². The lowest BCUT2D eigenvalue weighted by Crippen LogP contribution is -2.26. The first-order valence-electron chi connectivity index (χ1n) is 8.36. The lowest BCUT2D eigenvalue weighted by atomic mass is 10.1. The molecule has 0 aliphatic rings. The average Bonchev–Trinajstić information content (AvgIpc) is 2.69. The Morgan fingerprint density at radius 1 is 0.893 bits per heavy atom. The number of ketones is 1. The van der Waals surface area contributed by atoms with Crippen LogP contribution in [-0.2, 0) is 10.0 Å². The summed E-state index contributed by atoms with van der Waals surface area (Å²) in [6.45, 7) is 1.87. The van der Waals surface area contributed by atoms with Crippen molar-refractivity contribution in [2.24, 2.45) is 0 Å². The fourth-order valence-corrected chi connectivity index (χ4v) is 3.80.